The van der Waals surface area contributed by atoms with Gasteiger partial charge in [-0.15, -0.1) is 0 Å². The Hall–Kier alpha value is -2.82. The van der Waals surface area contributed by atoms with Gasteiger partial charge < -0.3 is 19.5 Å². The Kier molecular flexibility index (Phi) is 8.71. The molecule has 0 bridgehead atoms. The van der Waals surface area contributed by atoms with Crippen LogP contribution in [0.25, 0.3) is 0 Å². The maximum atomic E-state index is 12.0. The minimum Gasteiger partial charge on any atom is -0.495 e. The van der Waals surface area contributed by atoms with Gasteiger partial charge in [0, 0.05) is 0 Å². The summed E-state index contributed by atoms with van der Waals surface area (Å²) in [6.45, 7) is 2.37. The first-order valence-electron chi connectivity index (χ1n) is 8.73. The third kappa shape index (κ3) is 6.63. The first-order valence-corrected chi connectivity index (χ1v) is 9.81. The van der Waals surface area contributed by atoms with Crippen molar-refractivity contribution in [1.82, 2.24) is 5.43 Å². The summed E-state index contributed by atoms with van der Waals surface area (Å²) >= 11 is 2.13. The number of methoxy groups -OCH3 is 2. The minimum atomic E-state index is -0.540. The Bertz CT molecular complexity index is 902. The fourth-order valence-corrected chi connectivity index (χ4v) is 3.28. The first kappa shape index (κ1) is 22.5. The number of hydrazone groups is 1. The van der Waals surface area contributed by atoms with E-state index in [1.54, 1.807) is 37.4 Å². The molecule has 0 heterocycles. The van der Waals surface area contributed by atoms with E-state index in [2.05, 4.69) is 38.4 Å². The topological polar surface area (TPSA) is 98.2 Å². The Morgan fingerprint density at radius 3 is 2.55 bits per heavy atom. The van der Waals surface area contributed by atoms with E-state index in [0.29, 0.717) is 29.5 Å². The van der Waals surface area contributed by atoms with Crippen LogP contribution in [0.5, 0.6) is 17.2 Å². The van der Waals surface area contributed by atoms with Crippen molar-refractivity contribution in [2.75, 3.05) is 26.1 Å². The van der Waals surface area contributed by atoms with E-state index < -0.39 is 11.8 Å². The summed E-state index contributed by atoms with van der Waals surface area (Å²) in [6.07, 6.45) is 1.10. The van der Waals surface area contributed by atoms with Crippen LogP contribution in [-0.2, 0) is 9.59 Å². The highest BCUT2D eigenvalue weighted by Crippen LogP contribution is 2.33. The van der Waals surface area contributed by atoms with Gasteiger partial charge in [-0.2, -0.15) is 5.10 Å². The fourth-order valence-electron chi connectivity index (χ4n) is 2.43. The molecular weight excluding hydrogens is 489 g/mol. The molecule has 2 aromatic rings. The van der Waals surface area contributed by atoms with Crippen LogP contribution in [-0.4, -0.2) is 38.9 Å². The van der Waals surface area contributed by atoms with Crippen LogP contribution in [0.4, 0.5) is 5.69 Å². The number of anilines is 1. The molecule has 2 rings (SSSR count). The molecule has 0 aliphatic heterocycles. The van der Waals surface area contributed by atoms with Gasteiger partial charge in [0.2, 0.25) is 11.8 Å². The second kappa shape index (κ2) is 11.2. The summed E-state index contributed by atoms with van der Waals surface area (Å²) in [5.74, 6) is 0.729. The number of halogens is 1. The molecule has 0 aliphatic rings. The van der Waals surface area contributed by atoms with Gasteiger partial charge in [0.1, 0.15) is 12.2 Å². The normalized spacial score (nSPS) is 10.5. The predicted molar refractivity (Wildman–Crippen MR) is 119 cm³/mol. The van der Waals surface area contributed by atoms with Crippen LogP contribution in [0.3, 0.4) is 0 Å². The highest BCUT2D eigenvalue weighted by molar-refractivity contribution is 14.1. The molecule has 2 aromatic carbocycles. The van der Waals surface area contributed by atoms with Gasteiger partial charge in [-0.05, 0) is 59.3 Å². The van der Waals surface area contributed by atoms with Crippen LogP contribution in [0, 0.1) is 3.57 Å². The Labute approximate surface area is 182 Å². The van der Waals surface area contributed by atoms with Gasteiger partial charge in [-0.3, -0.25) is 9.59 Å². The number of rotatable bonds is 9. The summed E-state index contributed by atoms with van der Waals surface area (Å²) in [6, 6.07) is 10.5. The second-order valence-electron chi connectivity index (χ2n) is 5.69. The Morgan fingerprint density at radius 1 is 1.10 bits per heavy atom. The van der Waals surface area contributed by atoms with E-state index in [1.807, 2.05) is 13.0 Å². The lowest BCUT2D eigenvalue weighted by Crippen LogP contribution is -2.24. The monoisotopic (exact) mass is 511 g/mol. The molecule has 0 fully saturated rings. The van der Waals surface area contributed by atoms with E-state index in [0.717, 1.165) is 9.13 Å². The Balaban J connectivity index is 1.94. The van der Waals surface area contributed by atoms with Crippen molar-refractivity contribution in [1.29, 1.82) is 0 Å². The molecule has 0 saturated carbocycles. The van der Waals surface area contributed by atoms with Crippen molar-refractivity contribution in [2.45, 2.75) is 13.3 Å². The molecule has 0 radical (unpaired) electrons. The molecule has 29 heavy (non-hydrogen) atoms. The molecule has 0 atom stereocenters. The highest BCUT2D eigenvalue weighted by atomic mass is 127. The van der Waals surface area contributed by atoms with Gasteiger partial charge in [-0.1, -0.05) is 12.1 Å². The highest BCUT2D eigenvalue weighted by Gasteiger charge is 2.12. The first-order chi connectivity index (χ1) is 14.0. The number of carbonyl (C=O) groups excluding carboxylic acids is 2. The lowest BCUT2D eigenvalue weighted by molar-refractivity contribution is -0.126. The van der Waals surface area contributed by atoms with Gasteiger partial charge in [0.25, 0.3) is 0 Å². The number of carbonyl (C=O) groups is 2. The maximum Gasteiger partial charge on any atom is 0.249 e. The lowest BCUT2D eigenvalue weighted by atomic mass is 10.2. The van der Waals surface area contributed by atoms with Crippen LogP contribution in [0.2, 0.25) is 0 Å². The molecule has 0 saturated heterocycles. The zero-order valence-electron chi connectivity index (χ0n) is 16.3. The maximum absolute atomic E-state index is 12.0. The number of para-hydroxylation sites is 2. The molecule has 2 N–H and O–H groups in total. The van der Waals surface area contributed by atoms with Crippen molar-refractivity contribution in [3.05, 3.63) is 45.5 Å². The van der Waals surface area contributed by atoms with E-state index >= 15 is 0 Å². The number of amides is 2. The molecule has 2 amide bonds. The van der Waals surface area contributed by atoms with Crippen molar-refractivity contribution in [3.63, 3.8) is 0 Å². The smallest absolute Gasteiger partial charge is 0.249 e. The third-order valence-electron chi connectivity index (χ3n) is 3.64. The number of nitrogens with zero attached hydrogens (tertiary/aromatic N) is 1. The average Bonchev–Trinajstić information content (AvgIpc) is 2.68. The molecular formula is C20H22IN3O5. The SMILES string of the molecule is CCOc1cc(C=NNC(=O)CC(=O)Nc2ccccc2OC)cc(I)c1OC. The van der Waals surface area contributed by atoms with E-state index in [9.17, 15) is 9.59 Å². The van der Waals surface area contributed by atoms with Crippen molar-refractivity contribution >= 4 is 46.3 Å². The second-order valence-corrected chi connectivity index (χ2v) is 6.85. The zero-order valence-corrected chi connectivity index (χ0v) is 18.5. The number of benzene rings is 2. The minimum absolute atomic E-state index is 0.375. The van der Waals surface area contributed by atoms with Crippen molar-refractivity contribution in [2.24, 2.45) is 5.10 Å². The van der Waals surface area contributed by atoms with Gasteiger partial charge in [0.15, 0.2) is 11.5 Å². The van der Waals surface area contributed by atoms with E-state index in [-0.39, 0.29) is 6.42 Å². The summed E-state index contributed by atoms with van der Waals surface area (Å²) < 4.78 is 16.9. The number of nitrogens with one attached hydrogen (secondary N) is 2. The molecule has 0 aliphatic carbocycles. The molecule has 9 heteroatoms. The van der Waals surface area contributed by atoms with Gasteiger partial charge >= 0.3 is 0 Å². The summed E-state index contributed by atoms with van der Waals surface area (Å²) in [5, 5.41) is 6.54. The van der Waals surface area contributed by atoms with Gasteiger partial charge in [-0.25, -0.2) is 5.43 Å². The predicted octanol–water partition coefficient (Wildman–Crippen LogP) is 3.19. The van der Waals surface area contributed by atoms with Gasteiger partial charge in [0.05, 0.1) is 36.3 Å². The average molecular weight is 511 g/mol. The largest absolute Gasteiger partial charge is 0.495 e. The molecule has 154 valence electrons. The fraction of sp³-hybridized carbons (Fsp3) is 0.250. The quantitative estimate of drug-likeness (QED) is 0.233. The number of ether oxygens (including phenoxy) is 3. The zero-order chi connectivity index (χ0) is 21.2. The molecule has 8 nitrogen and oxygen atoms in total. The summed E-state index contributed by atoms with van der Waals surface area (Å²) in [4.78, 5) is 24.0. The third-order valence-corrected chi connectivity index (χ3v) is 4.44. The Morgan fingerprint density at radius 2 is 1.86 bits per heavy atom. The van der Waals surface area contributed by atoms with E-state index in [4.69, 9.17) is 14.2 Å². The van der Waals surface area contributed by atoms with Crippen LogP contribution < -0.4 is 25.0 Å². The summed E-state index contributed by atoms with van der Waals surface area (Å²) in [7, 11) is 3.08. The number of hydrogen-bond donors (Lipinski definition) is 2. The van der Waals surface area contributed by atoms with Crippen LogP contribution >= 0.6 is 22.6 Å². The van der Waals surface area contributed by atoms with Crippen molar-refractivity contribution in [3.8, 4) is 17.2 Å². The molecule has 0 aromatic heterocycles. The number of hydrogen-bond acceptors (Lipinski definition) is 6. The van der Waals surface area contributed by atoms with Crippen LogP contribution in [0.1, 0.15) is 18.9 Å². The van der Waals surface area contributed by atoms with Crippen LogP contribution in [0.15, 0.2) is 41.5 Å². The van der Waals surface area contributed by atoms with E-state index in [1.165, 1.54) is 13.3 Å². The lowest BCUT2D eigenvalue weighted by Gasteiger charge is -2.11. The summed E-state index contributed by atoms with van der Waals surface area (Å²) in [5.41, 5.74) is 3.55. The molecule has 0 spiro atoms. The standard InChI is InChI=1S/C20H22IN3O5/c1-4-29-17-10-13(9-14(21)20(17)28-3)12-22-24-19(26)11-18(25)23-15-7-5-6-8-16(15)27-2/h5-10,12H,4,11H2,1-3H3,(H,23,25)(H,24,26). The van der Waals surface area contributed by atoms with Crippen molar-refractivity contribution < 1.29 is 23.8 Å². The molecule has 0 unspecified atom stereocenters.